The predicted octanol–water partition coefficient (Wildman–Crippen LogP) is -5.25. The first kappa shape index (κ1) is 117. The average Bonchev–Trinajstić information content (AvgIpc) is 0.783. The number of esters is 4. The summed E-state index contributed by atoms with van der Waals surface area (Å²) < 4.78 is 83.9. The number of amides is 7. The van der Waals surface area contributed by atoms with E-state index < -0.39 is 233 Å². The van der Waals surface area contributed by atoms with Gasteiger partial charge >= 0.3 is 23.9 Å². The molecule has 2 aliphatic carbocycles. The zero-order valence-corrected chi connectivity index (χ0v) is 78.2. The van der Waals surface area contributed by atoms with E-state index in [2.05, 4.69) is 47.2 Å². The van der Waals surface area contributed by atoms with Crippen LogP contribution in [0.3, 0.4) is 0 Å². The van der Waals surface area contributed by atoms with E-state index in [1.807, 2.05) is 0 Å². The second-order valence-corrected chi connectivity index (χ2v) is 34.6. The number of methoxy groups -OCH3 is 4. The number of aliphatic hydroxyl groups is 14. The maximum absolute atomic E-state index is 13.6. The highest BCUT2D eigenvalue weighted by atomic mass is 16.7. The Kier molecular flexibility index (Phi) is 52.4. The number of hydrogen-bond donors (Lipinski definition) is 21. The first-order valence-corrected chi connectivity index (χ1v) is 47.0. The third kappa shape index (κ3) is 37.1. The Morgan fingerprint density at radius 3 is 0.957 bits per heavy atom. The van der Waals surface area contributed by atoms with Crippen molar-refractivity contribution in [3.8, 4) is 5.75 Å². The van der Waals surface area contributed by atoms with Crippen LogP contribution in [0.15, 0.2) is 23.3 Å². The van der Waals surface area contributed by atoms with Crippen molar-refractivity contribution in [3.63, 3.8) is 0 Å². The normalized spacial score (nSPS) is 30.2. The molecule has 4 saturated heterocycles. The third-order valence-corrected chi connectivity index (χ3v) is 24.7. The Balaban J connectivity index is 0.739. The number of hydrogen-bond acceptors (Lipinski definition) is 41. The van der Waals surface area contributed by atoms with Crippen molar-refractivity contribution in [2.75, 3.05) is 127 Å². The number of rotatable bonds is 60. The van der Waals surface area contributed by atoms with E-state index in [9.17, 15) is 124 Å². The molecule has 0 aromatic heterocycles. The topological polar surface area (TPSA) is 742 Å². The summed E-state index contributed by atoms with van der Waals surface area (Å²) in [6.07, 6.45) is -29.8. The minimum atomic E-state index is -1.85. The number of carbonyl (C=O) groups is 11. The number of aliphatic hydroxyl groups excluding tert-OH is 14. The van der Waals surface area contributed by atoms with Crippen molar-refractivity contribution in [2.45, 2.75) is 301 Å². The molecule has 50 nitrogen and oxygen atoms in total. The minimum absolute atomic E-state index is 0.00917. The van der Waals surface area contributed by atoms with Gasteiger partial charge < -0.3 is 180 Å². The fraction of sp³-hybridized carbons (Fsp3) is 0.807. The SMILES string of the molecule is COC(=O)C1C[C@H](OCC2O[C@H](OCCNC(=O)CCCCCNC(=O)CCCCCNC(=O)c3cc(OCCNC(=O)CCCCCN=[N+]=[N-])cc(C(=O)NCCCCCC(=O)NCCCCCC(=O)NCCO[C@H]4OC(CO[C@H]5CC(C(=O)OC)[C@@H](C(=O)OC)CC5O[C@H]5OC(CO)[C@@H](O)[C@H](O)C5O)[C@@H](O)[C@H](O)C4O)c3)C(O)[C@@H](O)[C@@H]2O)C(O[C@@H]2OC(CO)[C@@H](O)[C@H](O)C2O)C[C@@H]1C(=O)OC. The molecule has 7 rings (SSSR count). The maximum atomic E-state index is 13.6. The summed E-state index contributed by atoms with van der Waals surface area (Å²) in [5.41, 5.74) is 8.75. The van der Waals surface area contributed by atoms with Crippen molar-refractivity contribution in [1.29, 1.82) is 0 Å². The Morgan fingerprint density at radius 2 is 0.630 bits per heavy atom. The van der Waals surface area contributed by atoms with Crippen LogP contribution in [0.4, 0.5) is 0 Å². The van der Waals surface area contributed by atoms with Crippen molar-refractivity contribution in [2.24, 2.45) is 28.8 Å². The van der Waals surface area contributed by atoms with Gasteiger partial charge in [-0.2, -0.15) is 0 Å². The van der Waals surface area contributed by atoms with Gasteiger partial charge in [-0.05, 0) is 114 Å². The maximum Gasteiger partial charge on any atom is 0.309 e. The van der Waals surface area contributed by atoms with Gasteiger partial charge in [0.1, 0.15) is 110 Å². The standard InChI is InChI=1S/C88H142N10O40/c1-124-81(120)50-39-54(56(41-52(50)83(122)126-3)133-87-77(116)71(110)67(106)58(43-99)135-87)131-45-60-69(108)73(112)75(114)85(137-60)129-34-31-93-65(104)22-10-5-15-25-90-62(101)20-12-7-17-27-95-79(118)47-36-48(38-49(37-47)128-33-30-92-64(103)24-14-9-19-29-97-98-89)80(119)96-28-18-8-13-21-63(102)91-26-16-6-11-23-66(105)94-32-35-130-86-76(115)74(113)70(109)61(138-86)46-132-55-40-51(82(121)125-2)53(84(123)127-4)42-57(55)134-88-78(117)72(111)68(107)59(44-100)136-88/h36-38,50-61,67-78,85-88,99-100,106-117H,5-35,39-46H2,1-4H3,(H,90,101)(H,91,102)(H,92,103)(H,93,104)(H,94,105)(H,95,118)(H,96,119)/t50?,51?,52-,53-,54-,55-,56?,57?,58?,59?,60?,61?,67+,68+,69+,70+,71-,72-,73-,74-,75?,76?,77?,78?,85-,86-,87-,88+/m0/s1. The Morgan fingerprint density at radius 1 is 0.341 bits per heavy atom. The molecule has 138 heavy (non-hydrogen) atoms. The zero-order chi connectivity index (χ0) is 101. The molecule has 7 amide bonds. The first-order chi connectivity index (χ1) is 66.2. The van der Waals surface area contributed by atoms with Gasteiger partial charge in [0, 0.05) is 94.0 Å². The number of carbonyl (C=O) groups excluding carboxylic acids is 11. The number of nitrogens with one attached hydrogen (secondary N) is 7. The molecule has 4 heterocycles. The smallest absolute Gasteiger partial charge is 0.309 e. The molecule has 28 atom stereocenters. The fourth-order valence-electron chi connectivity index (χ4n) is 16.7. The summed E-state index contributed by atoms with van der Waals surface area (Å²) in [5, 5.41) is 171. The van der Waals surface area contributed by atoms with E-state index in [4.69, 9.17) is 76.6 Å². The Bertz CT molecular complexity index is 3740. The molecule has 4 aliphatic heterocycles. The second kappa shape index (κ2) is 62.1. The van der Waals surface area contributed by atoms with Gasteiger partial charge in [-0.1, -0.05) is 37.2 Å². The van der Waals surface area contributed by atoms with Crippen LogP contribution in [0.2, 0.25) is 0 Å². The van der Waals surface area contributed by atoms with Crippen molar-refractivity contribution < 1.29 is 195 Å². The van der Waals surface area contributed by atoms with Crippen LogP contribution in [0, 0.1) is 23.7 Å². The highest BCUT2D eigenvalue weighted by molar-refractivity contribution is 6.00. The van der Waals surface area contributed by atoms with Gasteiger partial charge in [0.05, 0.1) is 123 Å². The molecular formula is C88H142N10O40. The van der Waals surface area contributed by atoms with Crippen LogP contribution >= 0.6 is 0 Å². The van der Waals surface area contributed by atoms with Gasteiger partial charge in [0.2, 0.25) is 29.5 Å². The molecule has 0 spiro atoms. The highest BCUT2D eigenvalue weighted by Crippen LogP contribution is 2.41. The average molecular weight is 1980 g/mol. The van der Waals surface area contributed by atoms with Crippen LogP contribution in [-0.4, -0.2) is 411 Å². The van der Waals surface area contributed by atoms with Crippen LogP contribution in [0.5, 0.6) is 5.75 Å². The molecule has 6 fully saturated rings. The predicted molar refractivity (Wildman–Crippen MR) is 471 cm³/mol. The summed E-state index contributed by atoms with van der Waals surface area (Å²) >= 11 is 0. The van der Waals surface area contributed by atoms with E-state index in [1.54, 1.807) is 0 Å². The molecular weight excluding hydrogens is 1840 g/mol. The Hall–Kier alpha value is -8.46. The van der Waals surface area contributed by atoms with Crippen molar-refractivity contribution in [1.82, 2.24) is 37.2 Å². The second-order valence-electron chi connectivity index (χ2n) is 34.6. The van der Waals surface area contributed by atoms with Crippen LogP contribution < -0.4 is 42.0 Å². The lowest BCUT2D eigenvalue weighted by Crippen LogP contribution is -2.61. The number of benzene rings is 1. The molecule has 50 heteroatoms. The van der Waals surface area contributed by atoms with Gasteiger partial charge in [0.25, 0.3) is 11.8 Å². The fourth-order valence-corrected chi connectivity index (χ4v) is 16.7. The van der Waals surface area contributed by atoms with Crippen molar-refractivity contribution >= 4 is 65.2 Å². The van der Waals surface area contributed by atoms with Gasteiger partial charge in [0.15, 0.2) is 25.2 Å². The van der Waals surface area contributed by atoms with Gasteiger partial charge in [-0.3, -0.25) is 52.7 Å². The first-order valence-electron chi connectivity index (χ1n) is 47.0. The molecule has 6 aliphatic rings. The van der Waals surface area contributed by atoms with Crippen LogP contribution in [0.25, 0.3) is 10.4 Å². The lowest BCUT2D eigenvalue weighted by atomic mass is 9.76. The number of unbranched alkanes of at least 4 members (excludes halogenated alkanes) is 10. The largest absolute Gasteiger partial charge is 0.492 e. The van der Waals surface area contributed by atoms with E-state index in [0.717, 1.165) is 28.4 Å². The third-order valence-electron chi connectivity index (χ3n) is 24.7. The Labute approximate surface area is 797 Å². The molecule has 12 unspecified atom stereocenters. The molecule has 0 bridgehead atoms. The van der Waals surface area contributed by atoms with E-state index in [0.29, 0.717) is 116 Å². The number of ether oxygens (including phenoxy) is 15. The number of azide groups is 1. The molecule has 21 N–H and O–H groups in total. The highest BCUT2D eigenvalue weighted by Gasteiger charge is 2.55. The van der Waals surface area contributed by atoms with Gasteiger partial charge in [-0.15, -0.1) is 0 Å². The quantitative estimate of drug-likeness (QED) is 0.00724. The van der Waals surface area contributed by atoms with Crippen LogP contribution in [-0.2, 0) is 109 Å². The van der Waals surface area contributed by atoms with E-state index >= 15 is 0 Å². The van der Waals surface area contributed by atoms with Gasteiger partial charge in [-0.25, -0.2) is 0 Å². The lowest BCUT2D eigenvalue weighted by Gasteiger charge is -2.45. The molecule has 1 aromatic rings. The van der Waals surface area contributed by atoms with Crippen LogP contribution in [0.1, 0.15) is 175 Å². The molecule has 1 aromatic carbocycles. The summed E-state index contributed by atoms with van der Waals surface area (Å²) in [4.78, 5) is 145. The lowest BCUT2D eigenvalue weighted by molar-refractivity contribution is -0.326. The van der Waals surface area contributed by atoms with Crippen molar-refractivity contribution in [3.05, 3.63) is 39.8 Å². The van der Waals surface area contributed by atoms with E-state index in [-0.39, 0.29) is 157 Å². The monoisotopic (exact) mass is 1980 g/mol. The number of nitrogens with zero attached hydrogens (tertiary/aromatic N) is 3. The minimum Gasteiger partial charge on any atom is -0.492 e. The zero-order valence-electron chi connectivity index (χ0n) is 78.2. The molecule has 0 radical (unpaired) electrons. The molecule has 784 valence electrons. The summed E-state index contributed by atoms with van der Waals surface area (Å²) in [6, 6.07) is 4.38. The molecule has 2 saturated carbocycles. The summed E-state index contributed by atoms with van der Waals surface area (Å²) in [6.45, 7) is -1.47. The summed E-state index contributed by atoms with van der Waals surface area (Å²) in [5.74, 6) is -9.83. The summed E-state index contributed by atoms with van der Waals surface area (Å²) in [7, 11) is 4.43. The van der Waals surface area contributed by atoms with E-state index in [1.165, 1.54) is 18.2 Å².